The predicted molar refractivity (Wildman–Crippen MR) is 121 cm³/mol. The molecule has 12 heteroatoms. The van der Waals surface area contributed by atoms with Crippen LogP contribution in [0.2, 0.25) is 5.02 Å². The third kappa shape index (κ3) is 5.10. The van der Waals surface area contributed by atoms with Crippen LogP contribution in [0.4, 0.5) is 5.69 Å². The summed E-state index contributed by atoms with van der Waals surface area (Å²) in [4.78, 5) is 48.7. The van der Waals surface area contributed by atoms with Crippen LogP contribution in [0.3, 0.4) is 0 Å². The van der Waals surface area contributed by atoms with Gasteiger partial charge in [-0.2, -0.15) is 0 Å². The van der Waals surface area contributed by atoms with Gasteiger partial charge < -0.3 is 19.7 Å². The van der Waals surface area contributed by atoms with E-state index in [1.165, 1.54) is 49.6 Å². The van der Waals surface area contributed by atoms with E-state index < -0.39 is 30.4 Å². The normalized spacial score (nSPS) is 14.8. The number of carboxylic acids is 2. The number of hydrogen-bond donors (Lipinski definition) is 3. The molecule has 1 fully saturated rings. The Kier molecular flexibility index (Phi) is 6.95. The summed E-state index contributed by atoms with van der Waals surface area (Å²) >= 11 is 11.3. The van der Waals surface area contributed by atoms with Gasteiger partial charge >= 0.3 is 11.9 Å². The van der Waals surface area contributed by atoms with Gasteiger partial charge in [0.05, 0.1) is 23.4 Å². The van der Waals surface area contributed by atoms with Crippen molar-refractivity contribution in [3.63, 3.8) is 0 Å². The van der Waals surface area contributed by atoms with Gasteiger partial charge in [-0.1, -0.05) is 17.7 Å². The Morgan fingerprint density at radius 2 is 1.94 bits per heavy atom. The number of halogens is 1. The molecule has 2 aromatic carbocycles. The molecule has 3 rings (SSSR count). The Bertz CT molecular complexity index is 1230. The maximum absolute atomic E-state index is 13.1. The Balaban J connectivity index is 2.01. The van der Waals surface area contributed by atoms with E-state index in [0.717, 1.165) is 4.90 Å². The van der Waals surface area contributed by atoms with Gasteiger partial charge in [0.25, 0.3) is 11.8 Å². The van der Waals surface area contributed by atoms with Crippen LogP contribution >= 0.6 is 23.8 Å². The molecule has 0 atom stereocenters. The zero-order valence-electron chi connectivity index (χ0n) is 16.8. The standard InChI is InChI=1S/C21H15ClN2O8S/c1-31-15-7-10(6-14(22)17(15)32-9-16(25)26)5-13-18(27)23-21(33)24(19(13)28)12-4-2-3-11(8-12)20(29)30/h2-8H,9H2,1H3,(H,25,26)(H,29,30)(H,23,27,33). The highest BCUT2D eigenvalue weighted by Crippen LogP contribution is 2.37. The van der Waals surface area contributed by atoms with Crippen molar-refractivity contribution in [3.05, 3.63) is 58.1 Å². The van der Waals surface area contributed by atoms with Crippen molar-refractivity contribution >= 4 is 64.4 Å². The lowest BCUT2D eigenvalue weighted by Crippen LogP contribution is -2.54. The predicted octanol–water partition coefficient (Wildman–Crippen LogP) is 2.34. The molecular weight excluding hydrogens is 476 g/mol. The molecule has 3 N–H and O–H groups in total. The van der Waals surface area contributed by atoms with Gasteiger partial charge in [-0.05, 0) is 54.2 Å². The molecule has 2 aromatic rings. The number of hydrogen-bond acceptors (Lipinski definition) is 7. The first-order chi connectivity index (χ1) is 15.6. The molecule has 0 aromatic heterocycles. The first kappa shape index (κ1) is 23.7. The van der Waals surface area contributed by atoms with E-state index in [2.05, 4.69) is 5.32 Å². The number of anilines is 1. The number of carboxylic acid groups (broad SMARTS) is 2. The lowest BCUT2D eigenvalue weighted by Gasteiger charge is -2.29. The van der Waals surface area contributed by atoms with Crippen molar-refractivity contribution in [1.29, 1.82) is 0 Å². The molecule has 0 radical (unpaired) electrons. The van der Waals surface area contributed by atoms with E-state index in [0.29, 0.717) is 0 Å². The van der Waals surface area contributed by atoms with Crippen LogP contribution in [0.5, 0.6) is 11.5 Å². The third-order valence-electron chi connectivity index (χ3n) is 4.36. The molecule has 1 heterocycles. The number of rotatable bonds is 7. The molecule has 10 nitrogen and oxygen atoms in total. The van der Waals surface area contributed by atoms with E-state index in [9.17, 15) is 24.3 Å². The van der Waals surface area contributed by atoms with Gasteiger partial charge in [-0.25, -0.2) is 9.59 Å². The number of benzene rings is 2. The number of aromatic carboxylic acids is 1. The van der Waals surface area contributed by atoms with E-state index in [-0.39, 0.29) is 44.0 Å². The van der Waals surface area contributed by atoms with Crippen LogP contribution in [0.15, 0.2) is 42.0 Å². The van der Waals surface area contributed by atoms with Crippen LogP contribution in [0.25, 0.3) is 6.08 Å². The third-order valence-corrected chi connectivity index (χ3v) is 4.92. The van der Waals surface area contributed by atoms with Crippen molar-refractivity contribution in [2.75, 3.05) is 18.6 Å². The molecule has 1 aliphatic rings. The maximum atomic E-state index is 13.1. The van der Waals surface area contributed by atoms with Crippen LogP contribution < -0.4 is 19.7 Å². The van der Waals surface area contributed by atoms with E-state index >= 15 is 0 Å². The first-order valence-electron chi connectivity index (χ1n) is 9.09. The zero-order valence-corrected chi connectivity index (χ0v) is 18.4. The van der Waals surface area contributed by atoms with Crippen LogP contribution in [-0.2, 0) is 14.4 Å². The molecule has 33 heavy (non-hydrogen) atoms. The van der Waals surface area contributed by atoms with Crippen molar-refractivity contribution in [2.24, 2.45) is 0 Å². The Labute approximate surface area is 197 Å². The number of ether oxygens (including phenoxy) is 2. The van der Waals surface area contributed by atoms with E-state index in [4.69, 9.17) is 38.4 Å². The minimum absolute atomic E-state index is 0.00680. The molecule has 0 spiro atoms. The first-order valence-corrected chi connectivity index (χ1v) is 9.88. The fourth-order valence-corrected chi connectivity index (χ4v) is 3.49. The molecule has 1 aliphatic heterocycles. The number of carbonyl (C=O) groups excluding carboxylic acids is 2. The van der Waals surface area contributed by atoms with E-state index in [1.54, 1.807) is 0 Å². The van der Waals surface area contributed by atoms with Crippen LogP contribution in [-0.4, -0.2) is 52.8 Å². The summed E-state index contributed by atoms with van der Waals surface area (Å²) in [5.41, 5.74) is 0.0644. The molecule has 170 valence electrons. The highest BCUT2D eigenvalue weighted by Gasteiger charge is 2.34. The van der Waals surface area contributed by atoms with Crippen LogP contribution in [0, 0.1) is 0 Å². The monoisotopic (exact) mass is 490 g/mol. The largest absolute Gasteiger partial charge is 0.493 e. The lowest BCUT2D eigenvalue weighted by atomic mass is 10.1. The SMILES string of the molecule is COc1cc(C=C2C(=O)NC(=S)N(c3cccc(C(=O)O)c3)C2=O)cc(Cl)c1OCC(=O)O. The number of aliphatic carboxylic acids is 1. The molecule has 0 aliphatic carbocycles. The molecule has 2 amide bonds. The lowest BCUT2D eigenvalue weighted by molar-refractivity contribution is -0.139. The number of nitrogens with zero attached hydrogens (tertiary/aromatic N) is 1. The van der Waals surface area contributed by atoms with E-state index in [1.807, 2.05) is 0 Å². The number of carbonyl (C=O) groups is 4. The average Bonchev–Trinajstić information content (AvgIpc) is 2.75. The molecule has 0 saturated carbocycles. The minimum Gasteiger partial charge on any atom is -0.493 e. The average molecular weight is 491 g/mol. The summed E-state index contributed by atoms with van der Waals surface area (Å²) in [5.74, 6) is -3.90. The molecule has 0 bridgehead atoms. The van der Waals surface area contributed by atoms with Gasteiger partial charge in [-0.15, -0.1) is 0 Å². The van der Waals surface area contributed by atoms with Crippen molar-refractivity contribution in [3.8, 4) is 11.5 Å². The highest BCUT2D eigenvalue weighted by molar-refractivity contribution is 7.80. The Hall–Kier alpha value is -3.96. The second kappa shape index (κ2) is 9.67. The molecular formula is C21H15ClN2O8S. The highest BCUT2D eigenvalue weighted by atomic mass is 35.5. The second-order valence-electron chi connectivity index (χ2n) is 6.53. The van der Waals surface area contributed by atoms with Gasteiger partial charge in [0.15, 0.2) is 23.2 Å². The van der Waals surface area contributed by atoms with Crippen LogP contribution in [0.1, 0.15) is 15.9 Å². The summed E-state index contributed by atoms with van der Waals surface area (Å²) in [7, 11) is 1.31. The number of methoxy groups -OCH3 is 1. The molecule has 1 saturated heterocycles. The fraction of sp³-hybridized carbons (Fsp3) is 0.0952. The fourth-order valence-electron chi connectivity index (χ4n) is 2.93. The summed E-state index contributed by atoms with van der Waals surface area (Å²) in [6, 6.07) is 8.27. The van der Waals surface area contributed by atoms with Gasteiger partial charge in [0, 0.05) is 0 Å². The minimum atomic E-state index is -1.22. The summed E-state index contributed by atoms with van der Waals surface area (Å²) in [6.45, 7) is -0.654. The summed E-state index contributed by atoms with van der Waals surface area (Å²) in [6.07, 6.45) is 1.24. The maximum Gasteiger partial charge on any atom is 0.341 e. The van der Waals surface area contributed by atoms with Gasteiger partial charge in [0.2, 0.25) is 0 Å². The number of thiocarbonyl (C=S) groups is 1. The summed E-state index contributed by atoms with van der Waals surface area (Å²) in [5, 5.41) is 20.2. The quantitative estimate of drug-likeness (QED) is 0.302. The van der Waals surface area contributed by atoms with Gasteiger partial charge in [-0.3, -0.25) is 19.8 Å². The number of nitrogens with one attached hydrogen (secondary N) is 1. The number of amides is 2. The molecule has 0 unspecified atom stereocenters. The Morgan fingerprint density at radius 3 is 2.58 bits per heavy atom. The smallest absolute Gasteiger partial charge is 0.341 e. The van der Waals surface area contributed by atoms with Crippen molar-refractivity contribution in [2.45, 2.75) is 0 Å². The van der Waals surface area contributed by atoms with Crippen molar-refractivity contribution < 1.29 is 38.9 Å². The second-order valence-corrected chi connectivity index (χ2v) is 7.32. The Morgan fingerprint density at radius 1 is 1.21 bits per heavy atom. The summed E-state index contributed by atoms with van der Waals surface area (Å²) < 4.78 is 10.3. The zero-order chi connectivity index (χ0) is 24.3. The van der Waals surface area contributed by atoms with Crippen molar-refractivity contribution in [1.82, 2.24) is 5.32 Å². The van der Waals surface area contributed by atoms with Gasteiger partial charge in [0.1, 0.15) is 5.57 Å². The topological polar surface area (TPSA) is 142 Å².